The first kappa shape index (κ1) is 16.4. The number of nitrogens with zero attached hydrogens (tertiary/aromatic N) is 2. The fraction of sp³-hybridized carbons (Fsp3) is 0.0556. The summed E-state index contributed by atoms with van der Waals surface area (Å²) < 4.78 is 14.4. The number of carbonyl (C=O) groups is 1. The van der Waals surface area contributed by atoms with Crippen LogP contribution in [0.15, 0.2) is 58.4 Å². The molecule has 3 rings (SSSR count). The van der Waals surface area contributed by atoms with E-state index in [0.717, 1.165) is 0 Å². The van der Waals surface area contributed by atoms with Crippen LogP contribution in [-0.4, -0.2) is 21.8 Å². The van der Waals surface area contributed by atoms with Crippen LogP contribution < -0.4 is 11.0 Å². The molecule has 0 aliphatic rings. The van der Waals surface area contributed by atoms with Crippen molar-refractivity contribution in [1.29, 1.82) is 0 Å². The molecular formula is C18H14FN3O3. The van der Waals surface area contributed by atoms with E-state index in [9.17, 15) is 19.1 Å². The highest BCUT2D eigenvalue weighted by Gasteiger charge is 2.20. The molecule has 0 saturated carbocycles. The van der Waals surface area contributed by atoms with Crippen LogP contribution in [0.4, 0.5) is 4.39 Å². The van der Waals surface area contributed by atoms with Gasteiger partial charge in [0.05, 0.1) is 11.7 Å². The Morgan fingerprint density at radius 1 is 1.24 bits per heavy atom. The minimum atomic E-state index is -0.850. The molecule has 0 aliphatic heterocycles. The zero-order chi connectivity index (χ0) is 18.0. The highest BCUT2D eigenvalue weighted by molar-refractivity contribution is 6.02. The van der Waals surface area contributed by atoms with Gasteiger partial charge in [0.2, 0.25) is 0 Å². The largest absolute Gasteiger partial charge is 0.506 e. The number of fused-ring (bicyclic) bond motifs is 1. The Morgan fingerprint density at radius 3 is 2.76 bits per heavy atom. The van der Waals surface area contributed by atoms with Gasteiger partial charge in [-0.2, -0.15) is 5.10 Å². The van der Waals surface area contributed by atoms with E-state index in [0.29, 0.717) is 16.5 Å². The van der Waals surface area contributed by atoms with Gasteiger partial charge in [0.25, 0.3) is 11.5 Å². The van der Waals surface area contributed by atoms with Crippen LogP contribution in [0.2, 0.25) is 0 Å². The van der Waals surface area contributed by atoms with Gasteiger partial charge in [-0.1, -0.05) is 24.3 Å². The monoisotopic (exact) mass is 339 g/mol. The number of aromatic hydroxyl groups is 1. The molecule has 7 heteroatoms. The molecule has 3 aromatic rings. The maximum Gasteiger partial charge on any atom is 0.280 e. The minimum absolute atomic E-state index is 0.379. The van der Waals surface area contributed by atoms with Crippen molar-refractivity contribution in [2.75, 3.05) is 0 Å². The SMILES string of the molecule is Cn1c(=O)c(C(=O)NN=Cc2cccc(F)c2)c(O)c2ccccc21. The van der Waals surface area contributed by atoms with Crippen LogP contribution in [0, 0.1) is 5.82 Å². The third-order valence-electron chi connectivity index (χ3n) is 3.73. The second-order valence-corrected chi connectivity index (χ2v) is 5.36. The average Bonchev–Trinajstić information content (AvgIpc) is 2.60. The lowest BCUT2D eigenvalue weighted by Crippen LogP contribution is -2.30. The fourth-order valence-electron chi connectivity index (χ4n) is 2.49. The molecule has 1 amide bonds. The third-order valence-corrected chi connectivity index (χ3v) is 3.73. The molecule has 0 aliphatic carbocycles. The number of hydrogen-bond donors (Lipinski definition) is 2. The van der Waals surface area contributed by atoms with Crippen molar-refractivity contribution in [3.63, 3.8) is 0 Å². The number of aryl methyl sites for hydroxylation is 1. The number of halogens is 1. The smallest absolute Gasteiger partial charge is 0.280 e. The van der Waals surface area contributed by atoms with Gasteiger partial charge >= 0.3 is 0 Å². The van der Waals surface area contributed by atoms with E-state index >= 15 is 0 Å². The number of rotatable bonds is 3. The van der Waals surface area contributed by atoms with E-state index in [-0.39, 0.29) is 0 Å². The number of aromatic nitrogens is 1. The molecule has 0 saturated heterocycles. The van der Waals surface area contributed by atoms with Crippen molar-refractivity contribution < 1.29 is 14.3 Å². The van der Waals surface area contributed by atoms with Crippen LogP contribution in [-0.2, 0) is 7.05 Å². The molecule has 0 radical (unpaired) electrons. The normalized spacial score (nSPS) is 11.1. The Balaban J connectivity index is 1.94. The molecule has 2 aromatic carbocycles. The first-order chi connectivity index (χ1) is 12.0. The molecule has 126 valence electrons. The number of amides is 1. The number of carbonyl (C=O) groups excluding carboxylic acids is 1. The quantitative estimate of drug-likeness (QED) is 0.566. The van der Waals surface area contributed by atoms with E-state index in [1.807, 2.05) is 0 Å². The number of nitrogens with one attached hydrogen (secondary N) is 1. The van der Waals surface area contributed by atoms with Crippen molar-refractivity contribution in [2.24, 2.45) is 12.1 Å². The Bertz CT molecular complexity index is 1060. The van der Waals surface area contributed by atoms with Gasteiger partial charge in [-0.3, -0.25) is 9.59 Å². The second kappa shape index (κ2) is 6.56. The van der Waals surface area contributed by atoms with Crippen molar-refractivity contribution in [3.05, 3.63) is 75.8 Å². The molecule has 2 N–H and O–H groups in total. The highest BCUT2D eigenvalue weighted by Crippen LogP contribution is 2.25. The van der Waals surface area contributed by atoms with E-state index in [2.05, 4.69) is 10.5 Å². The number of benzene rings is 2. The van der Waals surface area contributed by atoms with Gasteiger partial charge < -0.3 is 9.67 Å². The summed E-state index contributed by atoms with van der Waals surface area (Å²) in [6, 6.07) is 12.3. The fourth-order valence-corrected chi connectivity index (χ4v) is 2.49. The van der Waals surface area contributed by atoms with Crippen molar-refractivity contribution in [1.82, 2.24) is 9.99 Å². The third kappa shape index (κ3) is 3.12. The Hall–Kier alpha value is -3.48. The number of pyridine rings is 1. The molecule has 0 fully saturated rings. The van der Waals surface area contributed by atoms with Crippen LogP contribution >= 0.6 is 0 Å². The summed E-state index contributed by atoms with van der Waals surface area (Å²) >= 11 is 0. The van der Waals surface area contributed by atoms with E-state index in [1.54, 1.807) is 30.3 Å². The summed E-state index contributed by atoms with van der Waals surface area (Å²) in [6.45, 7) is 0. The molecule has 0 spiro atoms. The zero-order valence-electron chi connectivity index (χ0n) is 13.2. The summed E-state index contributed by atoms with van der Waals surface area (Å²) in [4.78, 5) is 24.6. The van der Waals surface area contributed by atoms with Crippen LogP contribution in [0.3, 0.4) is 0 Å². The molecule has 0 bridgehead atoms. The molecular weight excluding hydrogens is 325 g/mol. The number of hydrazone groups is 1. The average molecular weight is 339 g/mol. The topological polar surface area (TPSA) is 83.7 Å². The number of hydrogen-bond acceptors (Lipinski definition) is 4. The van der Waals surface area contributed by atoms with Crippen LogP contribution in [0.1, 0.15) is 15.9 Å². The van der Waals surface area contributed by atoms with Crippen LogP contribution in [0.25, 0.3) is 10.9 Å². The minimum Gasteiger partial charge on any atom is -0.506 e. The predicted octanol–water partition coefficient (Wildman–Crippen LogP) is 2.15. The first-order valence-corrected chi connectivity index (χ1v) is 7.38. The molecule has 25 heavy (non-hydrogen) atoms. The summed E-state index contributed by atoms with van der Waals surface area (Å²) in [6.07, 6.45) is 1.24. The Labute approximate surface area is 141 Å². The van der Waals surface area contributed by atoms with Gasteiger partial charge in [0, 0.05) is 12.4 Å². The van der Waals surface area contributed by atoms with Gasteiger partial charge in [-0.05, 0) is 29.8 Å². The lowest BCUT2D eigenvalue weighted by molar-refractivity contribution is 0.0950. The van der Waals surface area contributed by atoms with Crippen molar-refractivity contribution in [2.45, 2.75) is 0 Å². The maximum absolute atomic E-state index is 13.1. The first-order valence-electron chi connectivity index (χ1n) is 7.38. The van der Waals surface area contributed by atoms with Gasteiger partial charge in [0.1, 0.15) is 17.1 Å². The Morgan fingerprint density at radius 2 is 2.00 bits per heavy atom. The number of para-hydroxylation sites is 1. The lowest BCUT2D eigenvalue weighted by atomic mass is 10.1. The standard InChI is InChI=1S/C18H14FN3O3/c1-22-14-8-3-2-7-13(14)16(23)15(18(22)25)17(24)21-20-10-11-5-4-6-12(19)9-11/h2-10,23H,1H3,(H,21,24). The van der Waals surface area contributed by atoms with Gasteiger partial charge in [-0.25, -0.2) is 9.82 Å². The van der Waals surface area contributed by atoms with Gasteiger partial charge in [0.15, 0.2) is 0 Å². The summed E-state index contributed by atoms with van der Waals surface area (Å²) in [5, 5.41) is 14.4. The Kier molecular flexibility index (Phi) is 4.30. The molecule has 6 nitrogen and oxygen atoms in total. The molecule has 0 unspecified atom stereocenters. The summed E-state index contributed by atoms with van der Waals surface area (Å²) in [5.41, 5.74) is 2.07. The second-order valence-electron chi connectivity index (χ2n) is 5.36. The summed E-state index contributed by atoms with van der Waals surface area (Å²) in [5.74, 6) is -1.69. The summed E-state index contributed by atoms with van der Waals surface area (Å²) in [7, 11) is 1.51. The highest BCUT2D eigenvalue weighted by atomic mass is 19.1. The van der Waals surface area contributed by atoms with Gasteiger partial charge in [-0.15, -0.1) is 0 Å². The maximum atomic E-state index is 13.1. The molecule has 0 atom stereocenters. The lowest BCUT2D eigenvalue weighted by Gasteiger charge is -2.10. The van der Waals surface area contributed by atoms with E-state index in [4.69, 9.17) is 0 Å². The van der Waals surface area contributed by atoms with Crippen LogP contribution in [0.5, 0.6) is 5.75 Å². The zero-order valence-corrected chi connectivity index (χ0v) is 13.2. The van der Waals surface area contributed by atoms with Crippen molar-refractivity contribution >= 4 is 23.0 Å². The molecule has 1 aromatic heterocycles. The predicted molar refractivity (Wildman–Crippen MR) is 92.3 cm³/mol. The molecule has 1 heterocycles. The van der Waals surface area contributed by atoms with E-state index in [1.165, 1.54) is 36.0 Å². The van der Waals surface area contributed by atoms with Crippen molar-refractivity contribution in [3.8, 4) is 5.75 Å². The van der Waals surface area contributed by atoms with E-state index < -0.39 is 28.6 Å².